The van der Waals surface area contributed by atoms with E-state index in [-0.39, 0.29) is 31.1 Å². The van der Waals surface area contributed by atoms with E-state index in [1.165, 1.54) is 199 Å². The monoisotopic (exact) mass is 1010 g/mol. The van der Waals surface area contributed by atoms with Crippen molar-refractivity contribution in [2.45, 2.75) is 329 Å². The minimum absolute atomic E-state index is 0.0799. The van der Waals surface area contributed by atoms with Gasteiger partial charge in [0.15, 0.2) is 6.10 Å². The Balaban J connectivity index is 4.38. The van der Waals surface area contributed by atoms with E-state index in [1.807, 2.05) is 0 Å². The number of ether oxygens (including phenoxy) is 3. The van der Waals surface area contributed by atoms with Gasteiger partial charge in [-0.1, -0.05) is 261 Å². The van der Waals surface area contributed by atoms with E-state index in [0.717, 1.165) is 83.5 Å². The molecule has 418 valence electrons. The summed E-state index contributed by atoms with van der Waals surface area (Å²) in [4.78, 5) is 38.3. The summed E-state index contributed by atoms with van der Waals surface area (Å²) < 4.78 is 16.9. The molecule has 0 N–H and O–H groups in total. The molecule has 0 aromatic rings. The largest absolute Gasteiger partial charge is 0.462 e. The number of rotatable bonds is 57. The Kier molecular flexibility index (Phi) is 58.2. The van der Waals surface area contributed by atoms with Crippen molar-refractivity contribution in [3.63, 3.8) is 0 Å². The summed E-state index contributed by atoms with van der Waals surface area (Å²) in [5.41, 5.74) is 0. The van der Waals surface area contributed by atoms with Crippen molar-refractivity contribution in [2.75, 3.05) is 13.2 Å². The van der Waals surface area contributed by atoms with Crippen molar-refractivity contribution in [3.8, 4) is 0 Å². The van der Waals surface area contributed by atoms with E-state index in [4.69, 9.17) is 14.2 Å². The SMILES string of the molecule is CC/C=C\C/C=C\C/C=C\CCCCCCCCCCCC(=O)OCC(COC(=O)CCCCCCC/C=C\CCCCCCCCC)OC(=O)CCCCCCCCC/C=C\CCCCCCCCCC. The first kappa shape index (κ1) is 69.1. The van der Waals surface area contributed by atoms with Gasteiger partial charge in [-0.15, -0.1) is 0 Å². The predicted molar refractivity (Wildman–Crippen MR) is 312 cm³/mol. The molecule has 0 fully saturated rings. The summed E-state index contributed by atoms with van der Waals surface area (Å²) >= 11 is 0. The molecule has 0 radical (unpaired) electrons. The van der Waals surface area contributed by atoms with Crippen molar-refractivity contribution in [1.29, 1.82) is 0 Å². The van der Waals surface area contributed by atoms with Crippen LogP contribution in [0.1, 0.15) is 323 Å². The molecule has 0 bridgehead atoms. The molecule has 6 nitrogen and oxygen atoms in total. The lowest BCUT2D eigenvalue weighted by Gasteiger charge is -2.18. The van der Waals surface area contributed by atoms with Crippen LogP contribution >= 0.6 is 0 Å². The van der Waals surface area contributed by atoms with Crippen LogP contribution in [0.4, 0.5) is 0 Å². The zero-order valence-corrected chi connectivity index (χ0v) is 47.9. The van der Waals surface area contributed by atoms with Crippen LogP contribution in [-0.4, -0.2) is 37.2 Å². The summed E-state index contributed by atoms with van der Waals surface area (Å²) in [5.74, 6) is -0.881. The van der Waals surface area contributed by atoms with Crippen molar-refractivity contribution in [2.24, 2.45) is 0 Å². The third kappa shape index (κ3) is 58.0. The molecule has 6 heteroatoms. The first-order chi connectivity index (χ1) is 35.5. The van der Waals surface area contributed by atoms with Crippen LogP contribution in [0.25, 0.3) is 0 Å². The second-order valence-electron chi connectivity index (χ2n) is 20.9. The highest BCUT2D eigenvalue weighted by Gasteiger charge is 2.19. The quantitative estimate of drug-likeness (QED) is 0.0261. The van der Waals surface area contributed by atoms with Crippen molar-refractivity contribution >= 4 is 17.9 Å². The van der Waals surface area contributed by atoms with Crippen LogP contribution in [-0.2, 0) is 28.6 Å². The Morgan fingerprint density at radius 1 is 0.292 bits per heavy atom. The smallest absolute Gasteiger partial charge is 0.306 e. The molecular weight excluding hydrogens is 889 g/mol. The summed E-state index contributed by atoms with van der Waals surface area (Å²) in [7, 11) is 0. The maximum Gasteiger partial charge on any atom is 0.306 e. The number of carbonyl (C=O) groups excluding carboxylic acids is 3. The molecule has 1 unspecified atom stereocenters. The third-order valence-corrected chi connectivity index (χ3v) is 13.7. The third-order valence-electron chi connectivity index (χ3n) is 13.7. The second kappa shape index (κ2) is 60.7. The molecule has 0 saturated heterocycles. The molecule has 0 spiro atoms. The fourth-order valence-corrected chi connectivity index (χ4v) is 9.04. The van der Waals surface area contributed by atoms with Crippen LogP contribution < -0.4 is 0 Å². The standard InChI is InChI=1S/C66H118O6/c1-4-7-10-13-16-19-22-25-28-31-33-35-38-41-44-47-50-53-56-59-65(68)71-62-63(61-70-64(67)58-55-52-49-46-43-40-37-30-27-24-21-18-15-12-9-6-3)72-66(69)60-57-54-51-48-45-42-39-36-34-32-29-26-23-20-17-14-11-8-5-2/h7,10,16,19,25,28,30,32,34,37,63H,4-6,8-9,11-15,17-18,20-24,26-27,29,31,33,35-36,38-62H2,1-3H3/b10-7-,19-16-,28-25-,34-32-,37-30-. The molecule has 0 aliphatic heterocycles. The van der Waals surface area contributed by atoms with E-state index in [0.29, 0.717) is 19.3 Å². The average molecular weight is 1010 g/mol. The van der Waals surface area contributed by atoms with E-state index < -0.39 is 6.10 Å². The van der Waals surface area contributed by atoms with Gasteiger partial charge < -0.3 is 14.2 Å². The zero-order chi connectivity index (χ0) is 52.2. The molecule has 0 saturated carbocycles. The van der Waals surface area contributed by atoms with Gasteiger partial charge in [0.25, 0.3) is 0 Å². The van der Waals surface area contributed by atoms with Crippen molar-refractivity contribution in [3.05, 3.63) is 60.8 Å². The van der Waals surface area contributed by atoms with Crippen LogP contribution in [0.15, 0.2) is 60.8 Å². The average Bonchev–Trinajstić information content (AvgIpc) is 3.38. The summed E-state index contributed by atoms with van der Waals surface area (Å²) in [5, 5.41) is 0. The van der Waals surface area contributed by atoms with Crippen LogP contribution in [0.5, 0.6) is 0 Å². The molecule has 0 rings (SSSR count). The molecule has 1 atom stereocenters. The Hall–Kier alpha value is -2.89. The molecule has 0 aliphatic rings. The minimum Gasteiger partial charge on any atom is -0.462 e. The number of unbranched alkanes of at least 4 members (excludes halogenated alkanes) is 36. The van der Waals surface area contributed by atoms with Gasteiger partial charge in [0.2, 0.25) is 0 Å². The highest BCUT2D eigenvalue weighted by Crippen LogP contribution is 2.16. The number of hydrogen-bond donors (Lipinski definition) is 0. The van der Waals surface area contributed by atoms with Gasteiger partial charge in [0.05, 0.1) is 0 Å². The highest BCUT2D eigenvalue weighted by molar-refractivity contribution is 5.71. The second-order valence-corrected chi connectivity index (χ2v) is 20.9. The van der Waals surface area contributed by atoms with Crippen molar-refractivity contribution < 1.29 is 28.6 Å². The first-order valence-corrected chi connectivity index (χ1v) is 31.3. The Bertz CT molecular complexity index is 1290. The van der Waals surface area contributed by atoms with Gasteiger partial charge in [0, 0.05) is 19.3 Å². The van der Waals surface area contributed by atoms with Gasteiger partial charge in [0.1, 0.15) is 13.2 Å². The molecular formula is C66H118O6. The number of allylic oxidation sites excluding steroid dienone is 10. The lowest BCUT2D eigenvalue weighted by Crippen LogP contribution is -2.30. The topological polar surface area (TPSA) is 78.9 Å². The van der Waals surface area contributed by atoms with E-state index in [1.54, 1.807) is 0 Å². The fourth-order valence-electron chi connectivity index (χ4n) is 9.04. The number of hydrogen-bond acceptors (Lipinski definition) is 6. The Morgan fingerprint density at radius 3 is 0.861 bits per heavy atom. The molecule has 72 heavy (non-hydrogen) atoms. The minimum atomic E-state index is -0.783. The zero-order valence-electron chi connectivity index (χ0n) is 47.9. The summed E-state index contributed by atoms with van der Waals surface area (Å²) in [6.45, 7) is 6.55. The fraction of sp³-hybridized carbons (Fsp3) is 0.803. The lowest BCUT2D eigenvalue weighted by molar-refractivity contribution is -0.167. The Labute approximate surface area is 447 Å². The lowest BCUT2D eigenvalue weighted by atomic mass is 10.1. The van der Waals surface area contributed by atoms with Gasteiger partial charge >= 0.3 is 17.9 Å². The number of carbonyl (C=O) groups is 3. The van der Waals surface area contributed by atoms with Crippen LogP contribution in [0.2, 0.25) is 0 Å². The van der Waals surface area contributed by atoms with E-state index in [2.05, 4.69) is 81.5 Å². The van der Waals surface area contributed by atoms with Gasteiger partial charge in [-0.25, -0.2) is 0 Å². The molecule has 0 aliphatic carbocycles. The van der Waals surface area contributed by atoms with Gasteiger partial charge in [-0.05, 0) is 103 Å². The van der Waals surface area contributed by atoms with Crippen LogP contribution in [0.3, 0.4) is 0 Å². The van der Waals surface area contributed by atoms with E-state index >= 15 is 0 Å². The van der Waals surface area contributed by atoms with Crippen molar-refractivity contribution in [1.82, 2.24) is 0 Å². The Morgan fingerprint density at radius 2 is 0.542 bits per heavy atom. The molecule has 0 amide bonds. The normalized spacial score (nSPS) is 12.4. The number of esters is 3. The summed E-state index contributed by atoms with van der Waals surface area (Å²) in [6, 6.07) is 0. The van der Waals surface area contributed by atoms with E-state index in [9.17, 15) is 14.4 Å². The highest BCUT2D eigenvalue weighted by atomic mass is 16.6. The maximum atomic E-state index is 12.9. The summed E-state index contributed by atoms with van der Waals surface area (Å²) in [6.07, 6.45) is 76.4. The van der Waals surface area contributed by atoms with Crippen LogP contribution in [0, 0.1) is 0 Å². The predicted octanol–water partition coefficient (Wildman–Crippen LogP) is 21.2. The molecule has 0 aromatic carbocycles. The van der Waals surface area contributed by atoms with Gasteiger partial charge in [-0.2, -0.15) is 0 Å². The molecule has 0 heterocycles. The molecule has 0 aromatic heterocycles. The maximum absolute atomic E-state index is 12.9. The van der Waals surface area contributed by atoms with Gasteiger partial charge in [-0.3, -0.25) is 14.4 Å². The first-order valence-electron chi connectivity index (χ1n) is 31.3.